The van der Waals surface area contributed by atoms with Crippen LogP contribution in [0.2, 0.25) is 0 Å². The molecule has 0 aliphatic carbocycles. The second-order valence-electron chi connectivity index (χ2n) is 4.61. The lowest BCUT2D eigenvalue weighted by atomic mass is 10.0. The molecule has 96 valence electrons. The summed E-state index contributed by atoms with van der Waals surface area (Å²) < 4.78 is 0. The fraction of sp³-hybridized carbons (Fsp3) is 0.214. The molecule has 1 heterocycles. The summed E-state index contributed by atoms with van der Waals surface area (Å²) in [5, 5.41) is 14.5. The Morgan fingerprint density at radius 3 is 2.89 bits per heavy atom. The number of nitriles is 1. The van der Waals surface area contributed by atoms with E-state index in [0.29, 0.717) is 11.1 Å². The van der Waals surface area contributed by atoms with Crippen LogP contribution in [0.3, 0.4) is 0 Å². The number of carbonyl (C=O) groups is 1. The molecule has 0 fully saturated rings. The molecule has 1 aromatic carbocycles. The molecule has 0 bridgehead atoms. The molecule has 0 aliphatic rings. The normalized spacial score (nSPS) is 10.8. The summed E-state index contributed by atoms with van der Waals surface area (Å²) in [4.78, 5) is 16.4. The summed E-state index contributed by atoms with van der Waals surface area (Å²) in [5.41, 5.74) is 0.414. The van der Waals surface area contributed by atoms with Crippen LogP contribution in [0.1, 0.15) is 34.8 Å². The molecule has 1 aromatic heterocycles. The molecule has 0 atom stereocenters. The van der Waals surface area contributed by atoms with E-state index in [9.17, 15) is 4.79 Å². The Morgan fingerprint density at radius 2 is 2.26 bits per heavy atom. The van der Waals surface area contributed by atoms with Gasteiger partial charge >= 0.3 is 0 Å². The number of carbonyl (C=O) groups excluding carboxylic acids is 1. The van der Waals surface area contributed by atoms with Gasteiger partial charge in [0.05, 0.1) is 17.2 Å². The maximum Gasteiger partial charge on any atom is 0.252 e. The molecule has 1 amide bonds. The number of aromatic nitrogens is 1. The summed E-state index contributed by atoms with van der Waals surface area (Å²) in [6, 6.07) is 8.66. The molecule has 5 heteroatoms. The molecule has 1 N–H and O–H groups in total. The van der Waals surface area contributed by atoms with Crippen molar-refractivity contribution in [2.24, 2.45) is 0 Å². The zero-order valence-corrected chi connectivity index (χ0v) is 11.5. The maximum absolute atomic E-state index is 12.2. The van der Waals surface area contributed by atoms with Crippen molar-refractivity contribution in [2.45, 2.75) is 19.4 Å². The lowest BCUT2D eigenvalue weighted by Crippen LogP contribution is -2.40. The minimum absolute atomic E-state index is 0.211. The van der Waals surface area contributed by atoms with E-state index in [1.165, 1.54) is 11.3 Å². The Hall–Kier alpha value is -2.19. The fourth-order valence-corrected chi connectivity index (χ4v) is 2.39. The molecule has 19 heavy (non-hydrogen) atoms. The topological polar surface area (TPSA) is 65.8 Å². The van der Waals surface area contributed by atoms with Crippen molar-refractivity contribution in [3.05, 3.63) is 52.0 Å². The number of hydrogen-bond donors (Lipinski definition) is 1. The predicted molar refractivity (Wildman–Crippen MR) is 73.8 cm³/mol. The van der Waals surface area contributed by atoms with Gasteiger partial charge in [-0.25, -0.2) is 4.98 Å². The van der Waals surface area contributed by atoms with Crippen LogP contribution in [-0.2, 0) is 5.54 Å². The number of benzene rings is 1. The standard InChI is InChI=1S/C14H13N3OS/c1-14(2,13-16-6-7-19-13)17-12(18)11-5-3-4-10(8-11)9-15/h3-8H,1-2H3,(H,17,18). The van der Waals surface area contributed by atoms with Crippen LogP contribution in [0.25, 0.3) is 0 Å². The van der Waals surface area contributed by atoms with Gasteiger partial charge in [0, 0.05) is 17.1 Å². The molecule has 0 saturated carbocycles. The van der Waals surface area contributed by atoms with Gasteiger partial charge in [0.25, 0.3) is 5.91 Å². The second kappa shape index (κ2) is 5.21. The molecule has 4 nitrogen and oxygen atoms in total. The third-order valence-electron chi connectivity index (χ3n) is 2.65. The lowest BCUT2D eigenvalue weighted by molar-refractivity contribution is 0.0912. The van der Waals surface area contributed by atoms with Crippen molar-refractivity contribution in [3.8, 4) is 6.07 Å². The zero-order chi connectivity index (χ0) is 13.9. The number of nitrogens with one attached hydrogen (secondary N) is 1. The number of nitrogens with zero attached hydrogens (tertiary/aromatic N) is 2. The van der Waals surface area contributed by atoms with Crippen molar-refractivity contribution >= 4 is 17.2 Å². The molecular formula is C14H13N3OS. The Kier molecular flexibility index (Phi) is 3.63. The number of amides is 1. The highest BCUT2D eigenvalue weighted by molar-refractivity contribution is 7.09. The third kappa shape index (κ3) is 2.98. The van der Waals surface area contributed by atoms with E-state index in [2.05, 4.69) is 10.3 Å². The summed E-state index contributed by atoms with van der Waals surface area (Å²) in [6.45, 7) is 3.80. The van der Waals surface area contributed by atoms with Gasteiger partial charge in [0.2, 0.25) is 0 Å². The smallest absolute Gasteiger partial charge is 0.252 e. The first-order valence-electron chi connectivity index (χ1n) is 5.75. The van der Waals surface area contributed by atoms with E-state index >= 15 is 0 Å². The highest BCUT2D eigenvalue weighted by Gasteiger charge is 2.25. The van der Waals surface area contributed by atoms with Crippen LogP contribution in [0.5, 0.6) is 0 Å². The SMILES string of the molecule is CC(C)(NC(=O)c1cccc(C#N)c1)c1nccs1. The van der Waals surface area contributed by atoms with Crippen molar-refractivity contribution in [3.63, 3.8) is 0 Å². The minimum atomic E-state index is -0.534. The maximum atomic E-state index is 12.2. The van der Waals surface area contributed by atoms with E-state index in [1.807, 2.05) is 25.3 Å². The van der Waals surface area contributed by atoms with Gasteiger partial charge in [-0.1, -0.05) is 6.07 Å². The first kappa shape index (κ1) is 13.2. The largest absolute Gasteiger partial charge is 0.341 e. The third-order valence-corrected chi connectivity index (χ3v) is 3.74. The van der Waals surface area contributed by atoms with Gasteiger partial charge in [-0.2, -0.15) is 5.26 Å². The van der Waals surface area contributed by atoms with Crippen LogP contribution < -0.4 is 5.32 Å². The zero-order valence-electron chi connectivity index (χ0n) is 10.7. The van der Waals surface area contributed by atoms with E-state index < -0.39 is 5.54 Å². The fourth-order valence-electron chi connectivity index (χ4n) is 1.67. The summed E-state index contributed by atoms with van der Waals surface area (Å²) in [6.07, 6.45) is 1.71. The molecule has 0 unspecified atom stereocenters. The monoisotopic (exact) mass is 271 g/mol. The molecule has 2 rings (SSSR count). The van der Waals surface area contributed by atoms with Crippen molar-refractivity contribution in [1.82, 2.24) is 10.3 Å². The van der Waals surface area contributed by atoms with E-state index in [4.69, 9.17) is 5.26 Å². The molecule has 0 saturated heterocycles. The minimum Gasteiger partial charge on any atom is -0.341 e. The van der Waals surface area contributed by atoms with Crippen LogP contribution in [-0.4, -0.2) is 10.9 Å². The van der Waals surface area contributed by atoms with Crippen LogP contribution in [0, 0.1) is 11.3 Å². The van der Waals surface area contributed by atoms with Gasteiger partial charge in [0.1, 0.15) is 5.01 Å². The Labute approximate surface area is 115 Å². The molecule has 0 aliphatic heterocycles. The van der Waals surface area contributed by atoms with Crippen LogP contribution in [0.15, 0.2) is 35.8 Å². The molecule has 2 aromatic rings. The quantitative estimate of drug-likeness (QED) is 0.933. The van der Waals surface area contributed by atoms with Gasteiger partial charge in [-0.15, -0.1) is 11.3 Å². The predicted octanol–water partition coefficient (Wildman–Crippen LogP) is 2.68. The summed E-state index contributed by atoms with van der Waals surface area (Å²) in [5.74, 6) is -0.211. The van der Waals surface area contributed by atoms with Crippen LogP contribution >= 0.6 is 11.3 Å². The van der Waals surface area contributed by atoms with E-state index in [1.54, 1.807) is 30.5 Å². The molecule has 0 radical (unpaired) electrons. The average Bonchev–Trinajstić information content (AvgIpc) is 2.93. The summed E-state index contributed by atoms with van der Waals surface area (Å²) in [7, 11) is 0. The van der Waals surface area contributed by atoms with Gasteiger partial charge in [-0.3, -0.25) is 4.79 Å². The number of hydrogen-bond acceptors (Lipinski definition) is 4. The Balaban J connectivity index is 2.19. The van der Waals surface area contributed by atoms with E-state index in [0.717, 1.165) is 5.01 Å². The molecular weight excluding hydrogens is 258 g/mol. The van der Waals surface area contributed by atoms with Crippen molar-refractivity contribution in [2.75, 3.05) is 0 Å². The molecule has 0 spiro atoms. The van der Waals surface area contributed by atoms with Gasteiger partial charge in [0.15, 0.2) is 0 Å². The average molecular weight is 271 g/mol. The highest BCUT2D eigenvalue weighted by Crippen LogP contribution is 2.22. The van der Waals surface area contributed by atoms with E-state index in [-0.39, 0.29) is 5.91 Å². The van der Waals surface area contributed by atoms with Gasteiger partial charge < -0.3 is 5.32 Å². The van der Waals surface area contributed by atoms with Crippen LogP contribution in [0.4, 0.5) is 0 Å². The summed E-state index contributed by atoms with van der Waals surface area (Å²) >= 11 is 1.50. The number of thiazole rings is 1. The second-order valence-corrected chi connectivity index (χ2v) is 5.50. The Morgan fingerprint density at radius 1 is 1.47 bits per heavy atom. The first-order chi connectivity index (χ1) is 9.03. The van der Waals surface area contributed by atoms with Crippen molar-refractivity contribution in [1.29, 1.82) is 5.26 Å². The highest BCUT2D eigenvalue weighted by atomic mass is 32.1. The first-order valence-corrected chi connectivity index (χ1v) is 6.63. The Bertz CT molecular complexity index is 626. The van der Waals surface area contributed by atoms with Crippen molar-refractivity contribution < 1.29 is 4.79 Å². The lowest BCUT2D eigenvalue weighted by Gasteiger charge is -2.23. The number of rotatable bonds is 3. The van der Waals surface area contributed by atoms with Gasteiger partial charge in [-0.05, 0) is 32.0 Å².